The number of aromatic nitrogens is 1. The molecule has 17 heavy (non-hydrogen) atoms. The van der Waals surface area contributed by atoms with Gasteiger partial charge in [-0.05, 0) is 0 Å². The number of alkyl carbamates (subject to hydrolysis) is 1. The van der Waals surface area contributed by atoms with E-state index in [4.69, 9.17) is 9.84 Å². The van der Waals surface area contributed by atoms with E-state index in [2.05, 4.69) is 16.9 Å². The third-order valence-corrected chi connectivity index (χ3v) is 2.64. The fourth-order valence-corrected chi connectivity index (χ4v) is 1.79. The van der Waals surface area contributed by atoms with Gasteiger partial charge in [0.15, 0.2) is 0 Å². The molecule has 2 N–H and O–H groups in total. The third-order valence-electron chi connectivity index (χ3n) is 1.75. The Morgan fingerprint density at radius 2 is 2.47 bits per heavy atom. The molecule has 0 fully saturated rings. The van der Waals surface area contributed by atoms with Gasteiger partial charge in [0.2, 0.25) is 0 Å². The van der Waals surface area contributed by atoms with Crippen LogP contribution < -0.4 is 5.32 Å². The molecule has 1 aromatic heterocycles. The van der Waals surface area contributed by atoms with Crippen LogP contribution in [0, 0.1) is 0 Å². The van der Waals surface area contributed by atoms with Crippen molar-refractivity contribution in [2.45, 2.75) is 12.5 Å². The van der Waals surface area contributed by atoms with E-state index in [0.29, 0.717) is 5.01 Å². The summed E-state index contributed by atoms with van der Waals surface area (Å²) in [7, 11) is 0. The Morgan fingerprint density at radius 1 is 1.71 bits per heavy atom. The smallest absolute Gasteiger partial charge is 0.408 e. The lowest BCUT2D eigenvalue weighted by molar-refractivity contribution is -0.137. The number of carboxylic acid groups (broad SMARTS) is 1. The van der Waals surface area contributed by atoms with Crippen LogP contribution in [0.2, 0.25) is 0 Å². The predicted octanol–water partition coefficient (Wildman–Crippen LogP) is 1.57. The molecule has 1 rings (SSSR count). The minimum Gasteiger partial charge on any atom is -0.481 e. The Balaban J connectivity index is 2.61. The average Bonchev–Trinajstić information content (AvgIpc) is 2.78. The molecule has 1 atom stereocenters. The van der Waals surface area contributed by atoms with Crippen LogP contribution in [-0.4, -0.2) is 28.8 Å². The number of rotatable bonds is 6. The molecule has 0 aromatic carbocycles. The lowest BCUT2D eigenvalue weighted by Crippen LogP contribution is -2.30. The first-order valence-electron chi connectivity index (χ1n) is 4.79. The molecular formula is C10H12N2O4S. The number of nitrogens with one attached hydrogen (secondary N) is 1. The summed E-state index contributed by atoms with van der Waals surface area (Å²) in [5.41, 5.74) is 0. The number of hydrogen-bond acceptors (Lipinski definition) is 5. The molecule has 7 heteroatoms. The highest BCUT2D eigenvalue weighted by atomic mass is 32.1. The summed E-state index contributed by atoms with van der Waals surface area (Å²) in [6.07, 6.45) is 2.05. The largest absolute Gasteiger partial charge is 0.481 e. The number of nitrogens with zero attached hydrogens (tertiary/aromatic N) is 1. The molecule has 0 spiro atoms. The Morgan fingerprint density at radius 3 is 3.00 bits per heavy atom. The van der Waals surface area contributed by atoms with E-state index < -0.39 is 18.1 Å². The quantitative estimate of drug-likeness (QED) is 0.754. The molecule has 92 valence electrons. The van der Waals surface area contributed by atoms with Gasteiger partial charge in [0.1, 0.15) is 11.6 Å². The van der Waals surface area contributed by atoms with Crippen molar-refractivity contribution in [1.82, 2.24) is 10.3 Å². The van der Waals surface area contributed by atoms with Crippen LogP contribution in [-0.2, 0) is 9.53 Å². The van der Waals surface area contributed by atoms with Crippen LogP contribution in [0.25, 0.3) is 0 Å². The minimum absolute atomic E-state index is 0.0729. The summed E-state index contributed by atoms with van der Waals surface area (Å²) < 4.78 is 4.72. The minimum atomic E-state index is -1.02. The lowest BCUT2D eigenvalue weighted by Gasteiger charge is -2.13. The number of amides is 1. The molecule has 0 aliphatic carbocycles. The Hall–Kier alpha value is -1.89. The zero-order chi connectivity index (χ0) is 12.7. The van der Waals surface area contributed by atoms with Gasteiger partial charge in [-0.1, -0.05) is 12.7 Å². The van der Waals surface area contributed by atoms with Crippen molar-refractivity contribution < 1.29 is 19.4 Å². The van der Waals surface area contributed by atoms with E-state index >= 15 is 0 Å². The first-order valence-corrected chi connectivity index (χ1v) is 5.66. The van der Waals surface area contributed by atoms with Crippen molar-refractivity contribution in [3.63, 3.8) is 0 Å². The number of carbonyl (C=O) groups excluding carboxylic acids is 1. The highest BCUT2D eigenvalue weighted by Gasteiger charge is 2.20. The maximum atomic E-state index is 11.3. The zero-order valence-electron chi connectivity index (χ0n) is 8.96. The van der Waals surface area contributed by atoms with Crippen LogP contribution >= 0.6 is 11.3 Å². The lowest BCUT2D eigenvalue weighted by atomic mass is 10.2. The van der Waals surface area contributed by atoms with Gasteiger partial charge in [0.05, 0.1) is 12.5 Å². The van der Waals surface area contributed by atoms with Gasteiger partial charge < -0.3 is 15.2 Å². The number of carbonyl (C=O) groups is 2. The standard InChI is InChI=1S/C10H12N2O4S/c1-2-4-16-10(15)12-7(6-8(13)14)9-11-3-5-17-9/h2-3,5,7H,1,4,6H2,(H,12,15)(H,13,14). The molecule has 0 saturated heterocycles. The second kappa shape index (κ2) is 6.64. The predicted molar refractivity (Wildman–Crippen MR) is 61.8 cm³/mol. The molecule has 1 unspecified atom stereocenters. The average molecular weight is 256 g/mol. The molecule has 0 aliphatic rings. The molecule has 1 amide bonds. The fraction of sp³-hybridized carbons (Fsp3) is 0.300. The number of hydrogen-bond donors (Lipinski definition) is 2. The van der Waals surface area contributed by atoms with Crippen molar-refractivity contribution in [2.75, 3.05) is 6.61 Å². The first-order chi connectivity index (χ1) is 8.13. The van der Waals surface area contributed by atoms with Gasteiger partial charge in [-0.2, -0.15) is 0 Å². The van der Waals surface area contributed by atoms with Crippen LogP contribution in [0.3, 0.4) is 0 Å². The SMILES string of the molecule is C=CCOC(=O)NC(CC(=O)O)c1nccs1. The van der Waals surface area contributed by atoms with E-state index in [1.807, 2.05) is 0 Å². The van der Waals surface area contributed by atoms with E-state index in [1.165, 1.54) is 17.4 Å². The van der Waals surface area contributed by atoms with E-state index in [9.17, 15) is 9.59 Å². The maximum absolute atomic E-state index is 11.3. The fourth-order valence-electron chi connectivity index (χ4n) is 1.10. The second-order valence-electron chi connectivity index (χ2n) is 3.05. The Bertz CT molecular complexity index is 391. The Labute approximate surface area is 102 Å². The van der Waals surface area contributed by atoms with Gasteiger partial charge >= 0.3 is 12.1 Å². The highest BCUT2D eigenvalue weighted by Crippen LogP contribution is 2.19. The van der Waals surface area contributed by atoms with Gasteiger partial charge in [0, 0.05) is 11.6 Å². The first kappa shape index (κ1) is 13.2. The molecule has 0 saturated carbocycles. The zero-order valence-corrected chi connectivity index (χ0v) is 9.77. The topological polar surface area (TPSA) is 88.5 Å². The van der Waals surface area contributed by atoms with Gasteiger partial charge in [0.25, 0.3) is 0 Å². The monoisotopic (exact) mass is 256 g/mol. The number of ether oxygens (including phenoxy) is 1. The summed E-state index contributed by atoms with van der Waals surface area (Å²) in [4.78, 5) is 25.9. The maximum Gasteiger partial charge on any atom is 0.408 e. The molecule has 6 nitrogen and oxygen atoms in total. The highest BCUT2D eigenvalue weighted by molar-refractivity contribution is 7.09. The van der Waals surface area contributed by atoms with Crippen LogP contribution in [0.5, 0.6) is 0 Å². The van der Waals surface area contributed by atoms with Crippen molar-refractivity contribution in [1.29, 1.82) is 0 Å². The molecule has 0 bridgehead atoms. The van der Waals surface area contributed by atoms with E-state index in [-0.39, 0.29) is 13.0 Å². The van der Waals surface area contributed by atoms with Crippen LogP contribution in [0.4, 0.5) is 4.79 Å². The van der Waals surface area contributed by atoms with Gasteiger partial charge in [-0.25, -0.2) is 9.78 Å². The van der Waals surface area contributed by atoms with Gasteiger partial charge in [-0.3, -0.25) is 4.79 Å². The molecule has 0 radical (unpaired) electrons. The van der Waals surface area contributed by atoms with Crippen molar-refractivity contribution >= 4 is 23.4 Å². The summed E-state index contributed by atoms with van der Waals surface area (Å²) in [6, 6.07) is -0.676. The normalized spacial score (nSPS) is 11.5. The summed E-state index contributed by atoms with van der Waals surface area (Å²) in [5.74, 6) is -1.02. The van der Waals surface area contributed by atoms with Crippen molar-refractivity contribution in [2.24, 2.45) is 0 Å². The van der Waals surface area contributed by atoms with Crippen LogP contribution in [0.15, 0.2) is 24.2 Å². The summed E-state index contributed by atoms with van der Waals surface area (Å²) in [5, 5.41) is 13.4. The van der Waals surface area contributed by atoms with E-state index in [0.717, 1.165) is 0 Å². The molecular weight excluding hydrogens is 244 g/mol. The number of aliphatic carboxylic acids is 1. The van der Waals surface area contributed by atoms with Crippen molar-refractivity contribution in [3.8, 4) is 0 Å². The van der Waals surface area contributed by atoms with E-state index in [1.54, 1.807) is 11.6 Å². The Kier molecular flexibility index (Phi) is 5.15. The molecule has 1 heterocycles. The molecule has 1 aromatic rings. The number of thiazole rings is 1. The van der Waals surface area contributed by atoms with Crippen molar-refractivity contribution in [3.05, 3.63) is 29.2 Å². The number of carboxylic acids is 1. The molecule has 0 aliphatic heterocycles. The summed E-state index contributed by atoms with van der Waals surface area (Å²) in [6.45, 7) is 3.47. The van der Waals surface area contributed by atoms with Crippen LogP contribution in [0.1, 0.15) is 17.5 Å². The summed E-state index contributed by atoms with van der Waals surface area (Å²) >= 11 is 1.27. The third kappa shape index (κ3) is 4.64. The van der Waals surface area contributed by atoms with Gasteiger partial charge in [-0.15, -0.1) is 11.3 Å². The second-order valence-corrected chi connectivity index (χ2v) is 3.98.